The molecule has 7 nitrogen and oxygen atoms in total. The summed E-state index contributed by atoms with van der Waals surface area (Å²) in [5.74, 6) is -0.346. The lowest BCUT2D eigenvalue weighted by molar-refractivity contribution is -0.155. The fourth-order valence-corrected chi connectivity index (χ4v) is 3.78. The van der Waals surface area contributed by atoms with Gasteiger partial charge < -0.3 is 5.32 Å². The van der Waals surface area contributed by atoms with Gasteiger partial charge in [0.25, 0.3) is 0 Å². The van der Waals surface area contributed by atoms with Gasteiger partial charge in [-0.3, -0.25) is 14.8 Å². The molecule has 28 heavy (non-hydrogen) atoms. The average Bonchev–Trinajstić information content (AvgIpc) is 3.20. The van der Waals surface area contributed by atoms with Gasteiger partial charge in [0.15, 0.2) is 5.82 Å². The number of rotatable bonds is 11. The van der Waals surface area contributed by atoms with Crippen LogP contribution in [0.15, 0.2) is 0 Å². The van der Waals surface area contributed by atoms with E-state index in [0.717, 1.165) is 32.1 Å². The third-order valence-corrected chi connectivity index (χ3v) is 5.26. The van der Waals surface area contributed by atoms with E-state index in [-0.39, 0.29) is 24.7 Å². The van der Waals surface area contributed by atoms with Crippen LogP contribution in [-0.2, 0) is 29.0 Å². The predicted molar refractivity (Wildman–Crippen MR) is 102 cm³/mol. The van der Waals surface area contributed by atoms with Gasteiger partial charge >= 0.3 is 0 Å². The van der Waals surface area contributed by atoms with Crippen LogP contribution in [0.5, 0.6) is 0 Å². The zero-order valence-electron chi connectivity index (χ0n) is 16.8. The highest BCUT2D eigenvalue weighted by Gasteiger charge is 2.27. The molecule has 0 bridgehead atoms. The Morgan fingerprint density at radius 3 is 2.61 bits per heavy atom. The molecule has 1 aromatic heterocycles. The van der Waals surface area contributed by atoms with Crippen molar-refractivity contribution < 1.29 is 19.2 Å². The van der Waals surface area contributed by atoms with Crippen LogP contribution >= 0.6 is 0 Å². The molecule has 1 heterocycles. The highest BCUT2D eigenvalue weighted by molar-refractivity contribution is 5.79. The largest absolute Gasteiger partial charge is 0.350 e. The van der Waals surface area contributed by atoms with Crippen molar-refractivity contribution in [2.45, 2.75) is 71.8 Å². The molecular formula is C20H31FN4O3. The lowest BCUT2D eigenvalue weighted by Crippen LogP contribution is -2.38. The smallest absolute Gasteiger partial charge is 0.233 e. The van der Waals surface area contributed by atoms with E-state index in [9.17, 15) is 19.2 Å². The van der Waals surface area contributed by atoms with Gasteiger partial charge in [0.1, 0.15) is 5.82 Å². The maximum Gasteiger partial charge on any atom is 0.233 e. The topological polar surface area (TPSA) is 95.4 Å². The fourth-order valence-electron chi connectivity index (χ4n) is 3.78. The molecule has 1 aromatic rings. The summed E-state index contributed by atoms with van der Waals surface area (Å²) >= 11 is 0. The first-order valence-corrected chi connectivity index (χ1v) is 10.2. The lowest BCUT2D eigenvalue weighted by Gasteiger charge is -2.22. The number of halogens is 1. The Morgan fingerprint density at radius 1 is 1.32 bits per heavy atom. The molecule has 0 saturated heterocycles. The molecule has 2 N–H and O–H groups in total. The molecule has 1 saturated carbocycles. The first kappa shape index (κ1) is 22.2. The van der Waals surface area contributed by atoms with Crippen molar-refractivity contribution in [1.82, 2.24) is 20.3 Å². The Kier molecular flexibility index (Phi) is 8.76. The van der Waals surface area contributed by atoms with Crippen molar-refractivity contribution in [2.75, 3.05) is 6.54 Å². The number of aryl methyl sites for hydroxylation is 2. The summed E-state index contributed by atoms with van der Waals surface area (Å²) in [5, 5.41) is 12.8. The monoisotopic (exact) mass is 394 g/mol. The quantitative estimate of drug-likeness (QED) is 0.342. The SMILES string of the molecule is CCCc1nc(CC)nc(CNC(=O)[C@H](CC2CCCC2)CN(O)C=O)c1F. The van der Waals surface area contributed by atoms with Crippen molar-refractivity contribution in [3.63, 3.8) is 0 Å². The van der Waals surface area contributed by atoms with Crippen molar-refractivity contribution >= 4 is 12.3 Å². The highest BCUT2D eigenvalue weighted by atomic mass is 19.1. The molecule has 0 radical (unpaired) electrons. The number of hydrogen-bond donors (Lipinski definition) is 2. The van der Waals surface area contributed by atoms with E-state index in [1.165, 1.54) is 0 Å². The summed E-state index contributed by atoms with van der Waals surface area (Å²) < 4.78 is 14.6. The molecule has 1 fully saturated rings. The van der Waals surface area contributed by atoms with Crippen LogP contribution in [0, 0.1) is 17.7 Å². The van der Waals surface area contributed by atoms with Gasteiger partial charge in [-0.05, 0) is 18.8 Å². The van der Waals surface area contributed by atoms with Crippen LogP contribution in [0.4, 0.5) is 4.39 Å². The molecule has 0 spiro atoms. The van der Waals surface area contributed by atoms with E-state index in [1.54, 1.807) is 0 Å². The predicted octanol–water partition coefficient (Wildman–Crippen LogP) is 2.79. The van der Waals surface area contributed by atoms with Crippen LogP contribution in [0.2, 0.25) is 0 Å². The van der Waals surface area contributed by atoms with Crippen molar-refractivity contribution in [3.05, 3.63) is 23.0 Å². The third kappa shape index (κ3) is 6.22. The second-order valence-corrected chi connectivity index (χ2v) is 7.48. The molecule has 0 unspecified atom stereocenters. The number of carbonyl (C=O) groups is 2. The minimum absolute atomic E-state index is 0.0371. The maximum atomic E-state index is 14.6. The molecular weight excluding hydrogens is 363 g/mol. The number of nitrogens with one attached hydrogen (secondary N) is 1. The first-order chi connectivity index (χ1) is 13.5. The molecule has 0 aliphatic heterocycles. The zero-order chi connectivity index (χ0) is 20.5. The lowest BCUT2D eigenvalue weighted by atomic mass is 9.92. The van der Waals surface area contributed by atoms with Crippen LogP contribution < -0.4 is 5.32 Å². The molecule has 0 aromatic carbocycles. The summed E-state index contributed by atoms with van der Waals surface area (Å²) in [7, 11) is 0. The van der Waals surface area contributed by atoms with E-state index in [0.29, 0.717) is 48.2 Å². The normalized spacial score (nSPS) is 15.4. The molecule has 1 aliphatic rings. The van der Waals surface area contributed by atoms with Crippen LogP contribution in [0.1, 0.15) is 69.6 Å². The minimum Gasteiger partial charge on any atom is -0.350 e. The number of nitrogens with zero attached hydrogens (tertiary/aromatic N) is 3. The van der Waals surface area contributed by atoms with Gasteiger partial charge in [0, 0.05) is 6.42 Å². The summed E-state index contributed by atoms with van der Waals surface area (Å²) in [6.07, 6.45) is 7.15. The second-order valence-electron chi connectivity index (χ2n) is 7.48. The first-order valence-electron chi connectivity index (χ1n) is 10.2. The Morgan fingerprint density at radius 2 is 2.00 bits per heavy atom. The second kappa shape index (κ2) is 11.0. The van der Waals surface area contributed by atoms with Crippen LogP contribution in [0.25, 0.3) is 0 Å². The van der Waals surface area contributed by atoms with Gasteiger partial charge in [-0.1, -0.05) is 46.0 Å². The van der Waals surface area contributed by atoms with Crippen molar-refractivity contribution in [1.29, 1.82) is 0 Å². The molecule has 156 valence electrons. The number of carbonyl (C=O) groups excluding carboxylic acids is 2. The molecule has 2 rings (SSSR count). The van der Waals surface area contributed by atoms with E-state index < -0.39 is 11.7 Å². The number of aromatic nitrogens is 2. The minimum atomic E-state index is -0.538. The number of amides is 2. The summed E-state index contributed by atoms with van der Waals surface area (Å²) in [6, 6.07) is 0. The van der Waals surface area contributed by atoms with Crippen LogP contribution in [-0.4, -0.2) is 39.1 Å². The summed E-state index contributed by atoms with van der Waals surface area (Å²) in [4.78, 5) is 31.9. The van der Waals surface area contributed by atoms with Crippen LogP contribution in [0.3, 0.4) is 0 Å². The Hall–Kier alpha value is -2.09. The van der Waals surface area contributed by atoms with Gasteiger partial charge in [0.2, 0.25) is 12.3 Å². The number of hydroxylamine groups is 2. The molecule has 2 amide bonds. The summed E-state index contributed by atoms with van der Waals surface area (Å²) in [5.41, 5.74) is 0.558. The highest BCUT2D eigenvalue weighted by Crippen LogP contribution is 2.30. The van der Waals surface area contributed by atoms with Gasteiger partial charge in [0.05, 0.1) is 30.4 Å². The van der Waals surface area contributed by atoms with E-state index in [4.69, 9.17) is 0 Å². The zero-order valence-corrected chi connectivity index (χ0v) is 16.8. The van der Waals surface area contributed by atoms with E-state index in [1.807, 2.05) is 13.8 Å². The summed E-state index contributed by atoms with van der Waals surface area (Å²) in [6.45, 7) is 3.75. The maximum absolute atomic E-state index is 14.6. The molecule has 1 atom stereocenters. The Labute approximate surface area is 165 Å². The van der Waals surface area contributed by atoms with Gasteiger partial charge in [-0.2, -0.15) is 0 Å². The van der Waals surface area contributed by atoms with E-state index in [2.05, 4.69) is 15.3 Å². The Bertz CT molecular complexity index is 665. The van der Waals surface area contributed by atoms with Gasteiger partial charge in [-0.15, -0.1) is 0 Å². The fraction of sp³-hybridized carbons (Fsp3) is 0.700. The third-order valence-electron chi connectivity index (χ3n) is 5.26. The van der Waals surface area contributed by atoms with Crippen molar-refractivity contribution in [3.8, 4) is 0 Å². The molecule has 1 aliphatic carbocycles. The van der Waals surface area contributed by atoms with Gasteiger partial charge in [-0.25, -0.2) is 19.4 Å². The molecule has 8 heteroatoms. The van der Waals surface area contributed by atoms with E-state index >= 15 is 0 Å². The van der Waals surface area contributed by atoms with Crippen molar-refractivity contribution in [2.24, 2.45) is 11.8 Å². The average molecular weight is 394 g/mol. The number of hydrogen-bond acceptors (Lipinski definition) is 5. The Balaban J connectivity index is 2.07. The standard InChI is InChI=1S/C20H31FN4O3/c1-3-7-16-19(21)17(24-18(4-2)23-16)11-22-20(27)15(12-25(28)13-26)10-14-8-5-6-9-14/h13-15,28H,3-12H2,1-2H3,(H,22,27)/t15-/m1/s1.